The van der Waals surface area contributed by atoms with Gasteiger partial charge in [-0.05, 0) is 48.5 Å². The molecule has 0 saturated carbocycles. The number of hydrogen-bond donors (Lipinski definition) is 1. The van der Waals surface area contributed by atoms with Crippen molar-refractivity contribution < 1.29 is 4.74 Å². The molecular formula is C14H10ClN3O. The molecule has 1 N–H and O–H groups in total. The number of rotatable bonds is 3. The van der Waals surface area contributed by atoms with E-state index in [2.05, 4.69) is 15.2 Å². The SMILES string of the molecule is Clc1ccc(Oc2ccc(-c3nc[nH]n3)cc2)cc1. The van der Waals surface area contributed by atoms with E-state index >= 15 is 0 Å². The second kappa shape index (κ2) is 5.12. The average Bonchev–Trinajstić information content (AvgIpc) is 2.96. The van der Waals surface area contributed by atoms with Gasteiger partial charge in [0.25, 0.3) is 0 Å². The van der Waals surface area contributed by atoms with Crippen LogP contribution in [-0.4, -0.2) is 15.2 Å². The number of halogens is 1. The van der Waals surface area contributed by atoms with Gasteiger partial charge in [-0.25, -0.2) is 4.98 Å². The van der Waals surface area contributed by atoms with Gasteiger partial charge in [-0.15, -0.1) is 0 Å². The second-order valence-corrected chi connectivity index (χ2v) is 4.34. The molecule has 0 amide bonds. The fourth-order valence-electron chi connectivity index (χ4n) is 1.66. The Morgan fingerprint density at radius 3 is 2.11 bits per heavy atom. The molecule has 0 atom stereocenters. The molecule has 0 aliphatic heterocycles. The summed E-state index contributed by atoms with van der Waals surface area (Å²) >= 11 is 5.82. The molecule has 0 aliphatic carbocycles. The first-order chi connectivity index (χ1) is 9.31. The van der Waals surface area contributed by atoms with E-state index < -0.39 is 0 Å². The number of H-pyrrole nitrogens is 1. The van der Waals surface area contributed by atoms with Crippen molar-refractivity contribution in [1.29, 1.82) is 0 Å². The molecule has 1 aromatic heterocycles. The van der Waals surface area contributed by atoms with Crippen molar-refractivity contribution >= 4 is 11.6 Å². The van der Waals surface area contributed by atoms with Crippen LogP contribution >= 0.6 is 11.6 Å². The molecule has 2 aromatic carbocycles. The van der Waals surface area contributed by atoms with E-state index in [1.54, 1.807) is 18.5 Å². The highest BCUT2D eigenvalue weighted by Gasteiger charge is 2.02. The molecular weight excluding hydrogens is 262 g/mol. The Kier molecular flexibility index (Phi) is 3.16. The summed E-state index contributed by atoms with van der Waals surface area (Å²) in [6.07, 6.45) is 1.55. The summed E-state index contributed by atoms with van der Waals surface area (Å²) < 4.78 is 5.70. The Labute approximate surface area is 115 Å². The van der Waals surface area contributed by atoms with Crippen LogP contribution in [0.1, 0.15) is 0 Å². The minimum atomic E-state index is 0.665. The fourth-order valence-corrected chi connectivity index (χ4v) is 1.78. The zero-order valence-corrected chi connectivity index (χ0v) is 10.6. The molecule has 0 spiro atoms. The lowest BCUT2D eigenvalue weighted by Gasteiger charge is -2.05. The summed E-state index contributed by atoms with van der Waals surface area (Å²) in [6, 6.07) is 14.8. The van der Waals surface area contributed by atoms with Gasteiger partial charge in [0.05, 0.1) is 0 Å². The minimum Gasteiger partial charge on any atom is -0.457 e. The standard InChI is InChI=1S/C14H10ClN3O/c15-11-3-7-13(8-4-11)19-12-5-1-10(2-6-12)14-16-9-17-18-14/h1-9H,(H,16,17,18). The lowest BCUT2D eigenvalue weighted by molar-refractivity contribution is 0.483. The van der Waals surface area contributed by atoms with Crippen LogP contribution in [0.15, 0.2) is 54.9 Å². The van der Waals surface area contributed by atoms with Crippen LogP contribution in [0.2, 0.25) is 5.02 Å². The normalized spacial score (nSPS) is 10.4. The lowest BCUT2D eigenvalue weighted by atomic mass is 10.2. The number of nitrogens with zero attached hydrogens (tertiary/aromatic N) is 2. The molecule has 0 bridgehead atoms. The van der Waals surface area contributed by atoms with E-state index in [0.717, 1.165) is 17.1 Å². The van der Waals surface area contributed by atoms with Crippen LogP contribution in [0, 0.1) is 0 Å². The fraction of sp³-hybridized carbons (Fsp3) is 0. The van der Waals surface area contributed by atoms with Gasteiger partial charge in [0, 0.05) is 10.6 Å². The van der Waals surface area contributed by atoms with Crippen molar-refractivity contribution in [3.63, 3.8) is 0 Å². The monoisotopic (exact) mass is 271 g/mol. The van der Waals surface area contributed by atoms with Crippen molar-refractivity contribution in [2.24, 2.45) is 0 Å². The highest BCUT2D eigenvalue weighted by molar-refractivity contribution is 6.30. The first-order valence-electron chi connectivity index (χ1n) is 5.71. The quantitative estimate of drug-likeness (QED) is 0.785. The predicted molar refractivity (Wildman–Crippen MR) is 73.3 cm³/mol. The van der Waals surface area contributed by atoms with Gasteiger partial charge >= 0.3 is 0 Å². The first kappa shape index (κ1) is 11.7. The Hall–Kier alpha value is -2.33. The molecule has 19 heavy (non-hydrogen) atoms. The van der Waals surface area contributed by atoms with Gasteiger partial charge in [0.2, 0.25) is 0 Å². The Balaban J connectivity index is 1.77. The van der Waals surface area contributed by atoms with Crippen LogP contribution < -0.4 is 4.74 Å². The third-order valence-corrected chi connectivity index (χ3v) is 2.83. The third-order valence-electron chi connectivity index (χ3n) is 2.58. The first-order valence-corrected chi connectivity index (χ1v) is 6.09. The molecule has 3 aromatic rings. The largest absolute Gasteiger partial charge is 0.457 e. The number of ether oxygens (including phenoxy) is 1. The summed E-state index contributed by atoms with van der Waals surface area (Å²) in [5.74, 6) is 2.16. The van der Waals surface area contributed by atoms with E-state index in [4.69, 9.17) is 16.3 Å². The molecule has 5 heteroatoms. The maximum Gasteiger partial charge on any atom is 0.180 e. The number of aromatic amines is 1. The summed E-state index contributed by atoms with van der Waals surface area (Å²) in [7, 11) is 0. The highest BCUT2D eigenvalue weighted by atomic mass is 35.5. The Bertz CT molecular complexity index is 648. The van der Waals surface area contributed by atoms with Crippen LogP contribution in [0.3, 0.4) is 0 Å². The topological polar surface area (TPSA) is 50.8 Å². The third kappa shape index (κ3) is 2.74. The van der Waals surface area contributed by atoms with E-state index in [0.29, 0.717) is 10.8 Å². The lowest BCUT2D eigenvalue weighted by Crippen LogP contribution is -1.85. The van der Waals surface area contributed by atoms with Crippen LogP contribution in [0.4, 0.5) is 0 Å². The van der Waals surface area contributed by atoms with Gasteiger partial charge in [0.15, 0.2) is 5.82 Å². The zero-order chi connectivity index (χ0) is 13.1. The van der Waals surface area contributed by atoms with E-state index in [1.807, 2.05) is 36.4 Å². The minimum absolute atomic E-state index is 0.665. The summed E-state index contributed by atoms with van der Waals surface area (Å²) in [4.78, 5) is 4.09. The number of aromatic nitrogens is 3. The number of hydrogen-bond acceptors (Lipinski definition) is 3. The van der Waals surface area contributed by atoms with Gasteiger partial charge in [-0.1, -0.05) is 11.6 Å². The van der Waals surface area contributed by atoms with Crippen molar-refractivity contribution in [3.8, 4) is 22.9 Å². The summed E-state index contributed by atoms with van der Waals surface area (Å²) in [5.41, 5.74) is 0.935. The number of benzene rings is 2. The van der Waals surface area contributed by atoms with Crippen molar-refractivity contribution in [2.75, 3.05) is 0 Å². The molecule has 0 saturated heterocycles. The Morgan fingerprint density at radius 2 is 1.53 bits per heavy atom. The van der Waals surface area contributed by atoms with Gasteiger partial charge < -0.3 is 4.74 Å². The van der Waals surface area contributed by atoms with Gasteiger partial charge in [-0.2, -0.15) is 5.10 Å². The molecule has 0 aliphatic rings. The summed E-state index contributed by atoms with van der Waals surface area (Å²) in [5, 5.41) is 7.39. The average molecular weight is 272 g/mol. The van der Waals surface area contributed by atoms with Crippen LogP contribution in [-0.2, 0) is 0 Å². The van der Waals surface area contributed by atoms with Crippen molar-refractivity contribution in [1.82, 2.24) is 15.2 Å². The second-order valence-electron chi connectivity index (χ2n) is 3.90. The van der Waals surface area contributed by atoms with Crippen molar-refractivity contribution in [2.45, 2.75) is 0 Å². The highest BCUT2D eigenvalue weighted by Crippen LogP contribution is 2.25. The van der Waals surface area contributed by atoms with Gasteiger partial charge in [0.1, 0.15) is 17.8 Å². The molecule has 1 heterocycles. The maximum absolute atomic E-state index is 5.82. The molecule has 0 radical (unpaired) electrons. The van der Waals surface area contributed by atoms with E-state index in [1.165, 1.54) is 0 Å². The molecule has 0 unspecified atom stereocenters. The molecule has 94 valence electrons. The summed E-state index contributed by atoms with van der Waals surface area (Å²) in [6.45, 7) is 0. The Morgan fingerprint density at radius 1 is 0.895 bits per heavy atom. The van der Waals surface area contributed by atoms with Crippen molar-refractivity contribution in [3.05, 3.63) is 59.9 Å². The number of nitrogens with one attached hydrogen (secondary N) is 1. The van der Waals surface area contributed by atoms with E-state index in [-0.39, 0.29) is 0 Å². The molecule has 4 nitrogen and oxygen atoms in total. The molecule has 3 rings (SSSR count). The zero-order valence-electron chi connectivity index (χ0n) is 9.88. The van der Waals surface area contributed by atoms with Crippen LogP contribution in [0.5, 0.6) is 11.5 Å². The maximum atomic E-state index is 5.82. The van der Waals surface area contributed by atoms with Crippen LogP contribution in [0.25, 0.3) is 11.4 Å². The van der Waals surface area contributed by atoms with Gasteiger partial charge in [-0.3, -0.25) is 5.10 Å². The smallest absolute Gasteiger partial charge is 0.180 e. The predicted octanol–water partition coefficient (Wildman–Crippen LogP) is 3.92. The van der Waals surface area contributed by atoms with E-state index in [9.17, 15) is 0 Å². The molecule has 0 fully saturated rings.